The Kier molecular flexibility index (Phi) is 6.21. The Labute approximate surface area is 140 Å². The fraction of sp³-hybridized carbons (Fsp3) is 0.400. The molecule has 0 aliphatic heterocycles. The quantitative estimate of drug-likeness (QED) is 0.800. The molecule has 22 heavy (non-hydrogen) atoms. The van der Waals surface area contributed by atoms with Crippen molar-refractivity contribution < 1.29 is 0 Å². The summed E-state index contributed by atoms with van der Waals surface area (Å²) in [5, 5.41) is 15.6. The Hall–Kier alpha value is -1.59. The van der Waals surface area contributed by atoms with Crippen molar-refractivity contribution in [3.8, 4) is 0 Å². The van der Waals surface area contributed by atoms with Crippen molar-refractivity contribution >= 4 is 35.0 Å². The zero-order valence-corrected chi connectivity index (χ0v) is 14.1. The lowest BCUT2D eigenvalue weighted by molar-refractivity contribution is 0.682. The van der Waals surface area contributed by atoms with Gasteiger partial charge in [0.2, 0.25) is 5.95 Å². The van der Waals surface area contributed by atoms with Crippen LogP contribution in [0.25, 0.3) is 0 Å². The minimum Gasteiger partial charge on any atom is -0.368 e. The van der Waals surface area contributed by atoms with Crippen molar-refractivity contribution in [2.45, 2.75) is 20.3 Å². The highest BCUT2D eigenvalue weighted by Crippen LogP contribution is 2.21. The van der Waals surface area contributed by atoms with Crippen molar-refractivity contribution in [3.05, 3.63) is 40.0 Å². The molecule has 0 radical (unpaired) electrons. The molecule has 5 nitrogen and oxygen atoms in total. The standard InChI is InChI=1S/C15H19Cl2N5/c1-10(2)8-19-15-21-14(9-20-22-15)18-6-5-11-3-4-12(16)7-13(11)17/h3-4,7,9-10H,5-6,8H2,1-2H3,(H2,18,19,21,22). The predicted molar refractivity (Wildman–Crippen MR) is 91.8 cm³/mol. The molecule has 2 aromatic rings. The van der Waals surface area contributed by atoms with Crippen LogP contribution in [0.15, 0.2) is 24.4 Å². The molecule has 2 rings (SSSR count). The van der Waals surface area contributed by atoms with Crippen LogP contribution in [0.3, 0.4) is 0 Å². The highest BCUT2D eigenvalue weighted by molar-refractivity contribution is 6.35. The van der Waals surface area contributed by atoms with E-state index in [1.54, 1.807) is 12.3 Å². The lowest BCUT2D eigenvalue weighted by atomic mass is 10.1. The molecule has 0 spiro atoms. The van der Waals surface area contributed by atoms with Gasteiger partial charge in [0.25, 0.3) is 0 Å². The SMILES string of the molecule is CC(C)CNc1nncc(NCCc2ccc(Cl)cc2Cl)n1. The van der Waals surface area contributed by atoms with E-state index in [0.29, 0.717) is 34.3 Å². The van der Waals surface area contributed by atoms with Crippen LogP contribution >= 0.6 is 23.2 Å². The van der Waals surface area contributed by atoms with Crippen LogP contribution in [0.5, 0.6) is 0 Å². The van der Waals surface area contributed by atoms with Gasteiger partial charge in [0.1, 0.15) is 0 Å². The molecule has 2 N–H and O–H groups in total. The maximum Gasteiger partial charge on any atom is 0.244 e. The number of aromatic nitrogens is 3. The first-order valence-corrected chi connectivity index (χ1v) is 7.91. The van der Waals surface area contributed by atoms with Gasteiger partial charge in [-0.15, -0.1) is 5.10 Å². The van der Waals surface area contributed by atoms with Gasteiger partial charge in [0.05, 0.1) is 6.20 Å². The number of halogens is 2. The molecule has 0 unspecified atom stereocenters. The second kappa shape index (κ2) is 8.15. The molecule has 0 atom stereocenters. The predicted octanol–water partition coefficient (Wildman–Crippen LogP) is 3.90. The average Bonchev–Trinajstić information content (AvgIpc) is 2.48. The third kappa shape index (κ3) is 5.31. The molecule has 0 bridgehead atoms. The summed E-state index contributed by atoms with van der Waals surface area (Å²) < 4.78 is 0. The number of hydrogen-bond donors (Lipinski definition) is 2. The summed E-state index contributed by atoms with van der Waals surface area (Å²) in [6.45, 7) is 5.76. The molecule has 0 aliphatic carbocycles. The van der Waals surface area contributed by atoms with E-state index in [-0.39, 0.29) is 0 Å². The van der Waals surface area contributed by atoms with Crippen LogP contribution in [-0.2, 0) is 6.42 Å². The first-order chi connectivity index (χ1) is 10.5. The van der Waals surface area contributed by atoms with E-state index in [4.69, 9.17) is 23.2 Å². The molecule has 118 valence electrons. The van der Waals surface area contributed by atoms with Crippen molar-refractivity contribution in [1.82, 2.24) is 15.2 Å². The van der Waals surface area contributed by atoms with Gasteiger partial charge in [-0.2, -0.15) is 10.1 Å². The number of anilines is 2. The fourth-order valence-electron chi connectivity index (χ4n) is 1.81. The first kappa shape index (κ1) is 16.8. The number of rotatable bonds is 7. The van der Waals surface area contributed by atoms with E-state index in [9.17, 15) is 0 Å². The lowest BCUT2D eigenvalue weighted by Crippen LogP contribution is -2.13. The Morgan fingerprint density at radius 1 is 1.18 bits per heavy atom. The van der Waals surface area contributed by atoms with Crippen molar-refractivity contribution in [3.63, 3.8) is 0 Å². The molecular formula is C15H19Cl2N5. The molecule has 1 aromatic heterocycles. The summed E-state index contributed by atoms with van der Waals surface area (Å²) in [6, 6.07) is 5.52. The van der Waals surface area contributed by atoms with Gasteiger partial charge in [-0.1, -0.05) is 43.1 Å². The van der Waals surface area contributed by atoms with E-state index < -0.39 is 0 Å². The van der Waals surface area contributed by atoms with Crippen molar-refractivity contribution in [2.24, 2.45) is 5.92 Å². The van der Waals surface area contributed by atoms with Gasteiger partial charge in [-0.05, 0) is 30.0 Å². The maximum absolute atomic E-state index is 6.15. The van der Waals surface area contributed by atoms with Crippen LogP contribution in [0.1, 0.15) is 19.4 Å². The smallest absolute Gasteiger partial charge is 0.244 e. The van der Waals surface area contributed by atoms with Crippen LogP contribution in [0.2, 0.25) is 10.0 Å². The first-order valence-electron chi connectivity index (χ1n) is 7.16. The highest BCUT2D eigenvalue weighted by atomic mass is 35.5. The van der Waals surface area contributed by atoms with Gasteiger partial charge in [-0.25, -0.2) is 0 Å². The van der Waals surface area contributed by atoms with Crippen LogP contribution in [0.4, 0.5) is 11.8 Å². The molecule has 0 aliphatic rings. The van der Waals surface area contributed by atoms with Crippen LogP contribution < -0.4 is 10.6 Å². The minimum atomic E-state index is 0.521. The second-order valence-electron chi connectivity index (χ2n) is 5.35. The van der Waals surface area contributed by atoms with Crippen LogP contribution in [0, 0.1) is 5.92 Å². The third-order valence-electron chi connectivity index (χ3n) is 2.94. The van der Waals surface area contributed by atoms with Gasteiger partial charge >= 0.3 is 0 Å². The highest BCUT2D eigenvalue weighted by Gasteiger charge is 2.03. The molecule has 1 heterocycles. The molecular weight excluding hydrogens is 321 g/mol. The monoisotopic (exact) mass is 339 g/mol. The van der Waals surface area contributed by atoms with E-state index in [2.05, 4.69) is 39.7 Å². The van der Waals surface area contributed by atoms with Gasteiger partial charge < -0.3 is 10.6 Å². The summed E-state index contributed by atoms with van der Waals surface area (Å²) in [5.41, 5.74) is 1.04. The Bertz CT molecular complexity index is 619. The lowest BCUT2D eigenvalue weighted by Gasteiger charge is -2.09. The van der Waals surface area contributed by atoms with Gasteiger partial charge in [0, 0.05) is 23.1 Å². The topological polar surface area (TPSA) is 62.7 Å². The third-order valence-corrected chi connectivity index (χ3v) is 3.53. The van der Waals surface area contributed by atoms with Gasteiger partial charge in [-0.3, -0.25) is 0 Å². The normalized spacial score (nSPS) is 10.8. The van der Waals surface area contributed by atoms with Gasteiger partial charge in [0.15, 0.2) is 5.82 Å². The van der Waals surface area contributed by atoms with Crippen molar-refractivity contribution in [2.75, 3.05) is 23.7 Å². The number of nitrogens with zero attached hydrogens (tertiary/aromatic N) is 3. The summed E-state index contributed by atoms with van der Waals surface area (Å²) in [6.07, 6.45) is 2.37. The number of hydrogen-bond acceptors (Lipinski definition) is 5. The summed E-state index contributed by atoms with van der Waals surface area (Å²) in [5.74, 6) is 1.74. The molecule has 0 saturated carbocycles. The molecule has 7 heteroatoms. The average molecular weight is 340 g/mol. The summed E-state index contributed by atoms with van der Waals surface area (Å²) in [7, 11) is 0. The molecule has 0 saturated heterocycles. The Morgan fingerprint density at radius 2 is 2.00 bits per heavy atom. The van der Waals surface area contributed by atoms with E-state index in [0.717, 1.165) is 18.5 Å². The zero-order valence-electron chi connectivity index (χ0n) is 12.6. The zero-order chi connectivity index (χ0) is 15.9. The Morgan fingerprint density at radius 3 is 2.73 bits per heavy atom. The van der Waals surface area contributed by atoms with E-state index >= 15 is 0 Å². The number of nitrogens with one attached hydrogen (secondary N) is 2. The molecule has 0 fully saturated rings. The molecule has 0 amide bonds. The summed E-state index contributed by atoms with van der Waals surface area (Å²) >= 11 is 12.0. The molecule has 1 aromatic carbocycles. The summed E-state index contributed by atoms with van der Waals surface area (Å²) in [4.78, 5) is 4.36. The largest absolute Gasteiger partial charge is 0.368 e. The fourth-order valence-corrected chi connectivity index (χ4v) is 2.31. The maximum atomic E-state index is 6.15. The van der Waals surface area contributed by atoms with Crippen LogP contribution in [-0.4, -0.2) is 28.3 Å². The Balaban J connectivity index is 1.87. The van der Waals surface area contributed by atoms with Crippen molar-refractivity contribution in [1.29, 1.82) is 0 Å². The van der Waals surface area contributed by atoms with E-state index in [1.807, 2.05) is 12.1 Å². The van der Waals surface area contributed by atoms with E-state index in [1.165, 1.54) is 0 Å². The minimum absolute atomic E-state index is 0.521. The number of benzene rings is 1. The second-order valence-corrected chi connectivity index (χ2v) is 6.20.